The van der Waals surface area contributed by atoms with Crippen LogP contribution in [0.5, 0.6) is 0 Å². The number of nitrogens with one attached hydrogen (secondary N) is 3. The molecule has 3 rings (SSSR count). The van der Waals surface area contributed by atoms with Crippen molar-refractivity contribution in [2.75, 3.05) is 13.7 Å². The largest absolute Gasteiger partial charge is 0.468 e. The summed E-state index contributed by atoms with van der Waals surface area (Å²) in [5.41, 5.74) is 2.06. The second kappa shape index (κ2) is 7.94. The van der Waals surface area contributed by atoms with Crippen LogP contribution in [-0.4, -0.2) is 47.8 Å². The Morgan fingerprint density at radius 3 is 2.75 bits per heavy atom. The molecule has 8 heteroatoms. The van der Waals surface area contributed by atoms with Crippen molar-refractivity contribution >= 4 is 24.3 Å². The van der Waals surface area contributed by atoms with E-state index in [1.807, 2.05) is 30.3 Å². The van der Waals surface area contributed by atoms with Crippen molar-refractivity contribution < 1.29 is 14.3 Å². The van der Waals surface area contributed by atoms with Gasteiger partial charge in [0.1, 0.15) is 6.04 Å². The van der Waals surface area contributed by atoms with Crippen LogP contribution in [0.25, 0.3) is 11.3 Å². The third-order valence-corrected chi connectivity index (χ3v) is 3.90. The number of hydrogen-bond acceptors (Lipinski definition) is 5. The van der Waals surface area contributed by atoms with E-state index in [1.54, 1.807) is 0 Å². The molecule has 0 spiro atoms. The van der Waals surface area contributed by atoms with Gasteiger partial charge in [0.2, 0.25) is 0 Å². The second-order valence-corrected chi connectivity index (χ2v) is 5.41. The van der Waals surface area contributed by atoms with Crippen molar-refractivity contribution in [3.8, 4) is 11.3 Å². The number of aromatic nitrogens is 2. The first-order chi connectivity index (χ1) is 11.2. The Kier molecular flexibility index (Phi) is 5.94. The van der Waals surface area contributed by atoms with E-state index in [4.69, 9.17) is 4.74 Å². The van der Waals surface area contributed by atoms with E-state index in [2.05, 4.69) is 20.8 Å². The first-order valence-electron chi connectivity index (χ1n) is 7.40. The van der Waals surface area contributed by atoms with Crippen molar-refractivity contribution in [1.82, 2.24) is 20.8 Å². The first-order valence-corrected chi connectivity index (χ1v) is 7.40. The molecule has 1 saturated heterocycles. The van der Waals surface area contributed by atoms with E-state index in [1.165, 1.54) is 13.3 Å². The maximum atomic E-state index is 12.5. The maximum Gasteiger partial charge on any atom is 0.322 e. The summed E-state index contributed by atoms with van der Waals surface area (Å²) in [7, 11) is 1.35. The molecule has 128 valence electrons. The fourth-order valence-electron chi connectivity index (χ4n) is 2.71. The Labute approximate surface area is 145 Å². The molecule has 1 aliphatic heterocycles. The summed E-state index contributed by atoms with van der Waals surface area (Å²) >= 11 is 0. The van der Waals surface area contributed by atoms with Crippen molar-refractivity contribution in [3.05, 3.63) is 42.1 Å². The van der Waals surface area contributed by atoms with Gasteiger partial charge in [-0.15, -0.1) is 12.4 Å². The number of methoxy groups -OCH3 is 1. The van der Waals surface area contributed by atoms with Gasteiger partial charge < -0.3 is 15.4 Å². The Bertz CT molecular complexity index is 704. The van der Waals surface area contributed by atoms with Gasteiger partial charge in [0.15, 0.2) is 0 Å². The quantitative estimate of drug-likeness (QED) is 0.718. The molecule has 1 aromatic heterocycles. The number of esters is 1. The van der Waals surface area contributed by atoms with E-state index in [0.717, 1.165) is 5.56 Å². The second-order valence-electron chi connectivity index (χ2n) is 5.41. The number of H-pyrrole nitrogens is 1. The molecule has 0 radical (unpaired) electrons. The molecule has 1 aliphatic rings. The molecule has 1 aromatic carbocycles. The van der Waals surface area contributed by atoms with Crippen LogP contribution in [0.4, 0.5) is 0 Å². The van der Waals surface area contributed by atoms with Crippen LogP contribution in [-0.2, 0) is 9.53 Å². The fourth-order valence-corrected chi connectivity index (χ4v) is 2.71. The first kappa shape index (κ1) is 18.0. The van der Waals surface area contributed by atoms with Crippen LogP contribution < -0.4 is 10.6 Å². The summed E-state index contributed by atoms with van der Waals surface area (Å²) in [6, 6.07) is 9.05. The minimum absolute atomic E-state index is 0. The average Bonchev–Trinajstić information content (AvgIpc) is 3.24. The summed E-state index contributed by atoms with van der Waals surface area (Å²) in [6.45, 7) is 0.532. The Morgan fingerprint density at radius 2 is 2.04 bits per heavy atom. The van der Waals surface area contributed by atoms with Gasteiger partial charge in [0, 0.05) is 18.2 Å². The Balaban J connectivity index is 0.00000208. The van der Waals surface area contributed by atoms with Crippen molar-refractivity contribution in [2.24, 2.45) is 0 Å². The standard InChI is InChI=1S/C16H18N4O3.ClH/c1-23-16(22)13-7-11(8-17-13)19-15(21)12-9-18-20-14(12)10-5-3-2-4-6-10;/h2-6,9,11,13,17H,7-8H2,1H3,(H,18,20)(H,19,21);1H/t11-,13-;/m0./s1. The highest BCUT2D eigenvalue weighted by Gasteiger charge is 2.31. The van der Waals surface area contributed by atoms with Gasteiger partial charge in [0.25, 0.3) is 5.91 Å². The molecule has 0 bridgehead atoms. The van der Waals surface area contributed by atoms with E-state index in [-0.39, 0.29) is 36.4 Å². The third-order valence-electron chi connectivity index (χ3n) is 3.90. The topological polar surface area (TPSA) is 96.1 Å². The van der Waals surface area contributed by atoms with Crippen LogP contribution >= 0.6 is 12.4 Å². The lowest BCUT2D eigenvalue weighted by atomic mass is 10.1. The molecule has 1 amide bonds. The number of ether oxygens (including phenoxy) is 1. The summed E-state index contributed by atoms with van der Waals surface area (Å²) < 4.78 is 4.71. The molecule has 7 nitrogen and oxygen atoms in total. The molecule has 3 N–H and O–H groups in total. The zero-order valence-electron chi connectivity index (χ0n) is 13.1. The lowest BCUT2D eigenvalue weighted by molar-refractivity contribution is -0.142. The van der Waals surface area contributed by atoms with Gasteiger partial charge in [-0.2, -0.15) is 5.10 Å². The zero-order valence-corrected chi connectivity index (χ0v) is 13.9. The number of benzene rings is 1. The molecular weight excluding hydrogens is 332 g/mol. The number of carbonyl (C=O) groups is 2. The van der Waals surface area contributed by atoms with Gasteiger partial charge in [-0.3, -0.25) is 14.7 Å². The number of nitrogens with zero attached hydrogens (tertiary/aromatic N) is 1. The van der Waals surface area contributed by atoms with Crippen molar-refractivity contribution in [2.45, 2.75) is 18.5 Å². The van der Waals surface area contributed by atoms with Crippen LogP contribution in [0, 0.1) is 0 Å². The maximum absolute atomic E-state index is 12.5. The molecule has 24 heavy (non-hydrogen) atoms. The fraction of sp³-hybridized carbons (Fsp3) is 0.312. The van der Waals surface area contributed by atoms with E-state index >= 15 is 0 Å². The van der Waals surface area contributed by atoms with Gasteiger partial charge >= 0.3 is 5.97 Å². The van der Waals surface area contributed by atoms with Crippen LogP contribution in [0.15, 0.2) is 36.5 Å². The predicted molar refractivity (Wildman–Crippen MR) is 90.9 cm³/mol. The molecule has 1 fully saturated rings. The number of hydrogen-bond donors (Lipinski definition) is 3. The molecule has 2 atom stereocenters. The zero-order chi connectivity index (χ0) is 16.2. The Hall–Kier alpha value is -2.38. The van der Waals surface area contributed by atoms with Crippen molar-refractivity contribution in [3.63, 3.8) is 0 Å². The lowest BCUT2D eigenvalue weighted by Gasteiger charge is -2.12. The van der Waals surface area contributed by atoms with E-state index in [0.29, 0.717) is 24.2 Å². The van der Waals surface area contributed by atoms with Gasteiger partial charge in [0.05, 0.1) is 24.6 Å². The van der Waals surface area contributed by atoms with Gasteiger partial charge in [-0.1, -0.05) is 30.3 Å². The number of carbonyl (C=O) groups excluding carboxylic acids is 2. The number of halogens is 1. The SMILES string of the molecule is COC(=O)[C@@H]1C[C@H](NC(=O)c2cn[nH]c2-c2ccccc2)CN1.Cl. The number of rotatable bonds is 4. The van der Waals surface area contributed by atoms with E-state index in [9.17, 15) is 9.59 Å². The molecule has 0 unspecified atom stereocenters. The number of aromatic amines is 1. The molecular formula is C16H19ClN4O3. The van der Waals surface area contributed by atoms with Crippen molar-refractivity contribution in [1.29, 1.82) is 0 Å². The minimum atomic E-state index is -0.372. The number of amides is 1. The normalized spacial score (nSPS) is 19.4. The minimum Gasteiger partial charge on any atom is -0.468 e. The summed E-state index contributed by atoms with van der Waals surface area (Å²) in [5.74, 6) is -0.523. The van der Waals surface area contributed by atoms with Gasteiger partial charge in [-0.05, 0) is 6.42 Å². The molecule has 0 aliphatic carbocycles. The summed E-state index contributed by atoms with van der Waals surface area (Å²) in [4.78, 5) is 24.0. The lowest BCUT2D eigenvalue weighted by Crippen LogP contribution is -2.36. The highest BCUT2D eigenvalue weighted by atomic mass is 35.5. The predicted octanol–water partition coefficient (Wildman–Crippen LogP) is 1.13. The average molecular weight is 351 g/mol. The highest BCUT2D eigenvalue weighted by Crippen LogP contribution is 2.21. The monoisotopic (exact) mass is 350 g/mol. The smallest absolute Gasteiger partial charge is 0.322 e. The van der Waals surface area contributed by atoms with Gasteiger partial charge in [-0.25, -0.2) is 0 Å². The molecule has 2 heterocycles. The summed E-state index contributed by atoms with van der Waals surface area (Å²) in [5, 5.41) is 12.8. The highest BCUT2D eigenvalue weighted by molar-refractivity contribution is 6.00. The Morgan fingerprint density at radius 1 is 1.29 bits per heavy atom. The van der Waals surface area contributed by atoms with Crippen LogP contribution in [0.3, 0.4) is 0 Å². The molecule has 0 saturated carbocycles. The summed E-state index contributed by atoms with van der Waals surface area (Å²) in [6.07, 6.45) is 2.02. The third kappa shape index (κ3) is 3.74. The van der Waals surface area contributed by atoms with Crippen LogP contribution in [0.2, 0.25) is 0 Å². The molecule has 2 aromatic rings. The van der Waals surface area contributed by atoms with Crippen LogP contribution in [0.1, 0.15) is 16.8 Å². The van der Waals surface area contributed by atoms with E-state index < -0.39 is 0 Å².